The van der Waals surface area contributed by atoms with E-state index in [2.05, 4.69) is 19.9 Å². The van der Waals surface area contributed by atoms with Crippen LogP contribution in [-0.4, -0.2) is 35.3 Å². The fourth-order valence-corrected chi connectivity index (χ4v) is 0.898. The van der Waals surface area contributed by atoms with E-state index in [1.807, 2.05) is 0 Å². The highest BCUT2D eigenvalue weighted by Gasteiger charge is 2.26. The topological polar surface area (TPSA) is 115 Å². The summed E-state index contributed by atoms with van der Waals surface area (Å²) < 4.78 is 0. The Morgan fingerprint density at radius 1 is 1.23 bits per heavy atom. The van der Waals surface area contributed by atoms with Crippen molar-refractivity contribution in [3.05, 3.63) is 18.3 Å². The van der Waals surface area contributed by atoms with Gasteiger partial charge in [0, 0.05) is 0 Å². The maximum absolute atomic E-state index is 8.73. The van der Waals surface area contributed by atoms with Crippen molar-refractivity contribution in [1.29, 1.82) is 0 Å². The zero-order chi connectivity index (χ0) is 9.47. The summed E-state index contributed by atoms with van der Waals surface area (Å²) in [5, 5.41) is 26.2. The van der Waals surface area contributed by atoms with Gasteiger partial charge in [-0.05, 0) is 0 Å². The predicted molar refractivity (Wildman–Crippen MR) is 40.0 cm³/mol. The molecule has 2 rings (SSSR count). The van der Waals surface area contributed by atoms with Crippen LogP contribution in [-0.2, 0) is 5.97 Å². The van der Waals surface area contributed by atoms with Crippen LogP contribution < -0.4 is 0 Å². The molecule has 13 heavy (non-hydrogen) atoms. The van der Waals surface area contributed by atoms with Crippen molar-refractivity contribution >= 4 is 11.2 Å². The first-order valence-electron chi connectivity index (χ1n) is 3.41. The van der Waals surface area contributed by atoms with Crippen molar-refractivity contribution in [2.75, 3.05) is 0 Å². The molecule has 68 valence electrons. The maximum Gasteiger partial charge on any atom is 0.340 e. The van der Waals surface area contributed by atoms with Gasteiger partial charge in [-0.25, -0.2) is 15.0 Å². The maximum atomic E-state index is 8.73. The Labute approximate surface area is 71.7 Å². The molecule has 0 bridgehead atoms. The Hall–Kier alpha value is -1.57. The van der Waals surface area contributed by atoms with Crippen molar-refractivity contribution in [2.24, 2.45) is 0 Å². The highest BCUT2D eigenvalue weighted by molar-refractivity contribution is 5.68. The van der Waals surface area contributed by atoms with E-state index in [1.54, 1.807) is 0 Å². The van der Waals surface area contributed by atoms with E-state index < -0.39 is 11.8 Å². The Kier molecular flexibility index (Phi) is 1.52. The monoisotopic (exact) mass is 182 g/mol. The normalized spacial score (nSPS) is 12.2. The van der Waals surface area contributed by atoms with Gasteiger partial charge in [-0.1, -0.05) is 0 Å². The second-order valence-electron chi connectivity index (χ2n) is 2.47. The summed E-state index contributed by atoms with van der Waals surface area (Å²) in [6.07, 6.45) is 2.68. The molecule has 0 fully saturated rings. The second-order valence-corrected chi connectivity index (χ2v) is 2.47. The molecule has 7 heteroatoms. The van der Waals surface area contributed by atoms with Crippen LogP contribution in [0.15, 0.2) is 12.5 Å². The number of aromatic nitrogens is 4. The van der Waals surface area contributed by atoms with Gasteiger partial charge in [0.25, 0.3) is 0 Å². The first kappa shape index (κ1) is 8.05. The van der Waals surface area contributed by atoms with Crippen molar-refractivity contribution in [3.8, 4) is 0 Å². The van der Waals surface area contributed by atoms with Gasteiger partial charge in [0.2, 0.25) is 5.82 Å². The lowest BCUT2D eigenvalue weighted by atomic mass is 10.4. The fourth-order valence-electron chi connectivity index (χ4n) is 0.898. The van der Waals surface area contributed by atoms with Crippen LogP contribution in [0.25, 0.3) is 11.2 Å². The minimum atomic E-state index is -3.02. The van der Waals surface area contributed by atoms with Crippen LogP contribution in [0, 0.1) is 0 Å². The van der Waals surface area contributed by atoms with E-state index >= 15 is 0 Å². The number of fused-ring (bicyclic) bond motifs is 1. The Balaban J connectivity index is 2.61. The fraction of sp³-hybridized carbons (Fsp3) is 0.167. The smallest absolute Gasteiger partial charge is 0.340 e. The van der Waals surface area contributed by atoms with Gasteiger partial charge in [-0.15, -0.1) is 0 Å². The Morgan fingerprint density at radius 2 is 2.00 bits per heavy atom. The minimum absolute atomic E-state index is 0.256. The van der Waals surface area contributed by atoms with Gasteiger partial charge >= 0.3 is 5.97 Å². The van der Waals surface area contributed by atoms with Crippen LogP contribution >= 0.6 is 0 Å². The van der Waals surface area contributed by atoms with E-state index in [9.17, 15) is 0 Å². The van der Waals surface area contributed by atoms with Gasteiger partial charge < -0.3 is 20.3 Å². The lowest BCUT2D eigenvalue weighted by molar-refractivity contribution is -0.328. The zero-order valence-corrected chi connectivity index (χ0v) is 6.34. The number of hydrogen-bond acceptors (Lipinski definition) is 6. The molecule has 0 aliphatic heterocycles. The molecule has 0 aliphatic rings. The van der Waals surface area contributed by atoms with Crippen molar-refractivity contribution in [3.63, 3.8) is 0 Å². The zero-order valence-electron chi connectivity index (χ0n) is 6.34. The number of aliphatic hydroxyl groups is 3. The number of nitrogens with one attached hydrogen (secondary N) is 1. The molecule has 0 spiro atoms. The number of aromatic amines is 1. The average molecular weight is 182 g/mol. The van der Waals surface area contributed by atoms with E-state index in [1.165, 1.54) is 12.5 Å². The molecule has 7 nitrogen and oxygen atoms in total. The van der Waals surface area contributed by atoms with Gasteiger partial charge in [-0.3, -0.25) is 0 Å². The van der Waals surface area contributed by atoms with Crippen molar-refractivity contribution in [1.82, 2.24) is 19.9 Å². The number of nitrogens with zero attached hydrogens (tertiary/aromatic N) is 3. The first-order chi connectivity index (χ1) is 6.07. The summed E-state index contributed by atoms with van der Waals surface area (Å²) in [4.78, 5) is 13.6. The Bertz CT molecular complexity index is 433. The lowest BCUT2D eigenvalue weighted by Crippen LogP contribution is -2.26. The van der Waals surface area contributed by atoms with Crippen molar-refractivity contribution in [2.45, 2.75) is 5.97 Å². The third-order valence-corrected chi connectivity index (χ3v) is 1.48. The average Bonchev–Trinajstić information content (AvgIpc) is 2.47. The highest BCUT2D eigenvalue weighted by Crippen LogP contribution is 2.11. The standard InChI is InChI=1S/C6H6N4O3/c11-6(12,13)5-7-1-3-4(10-5)9-2-8-3/h1-2,11-13H,(H,7,8,9,10). The highest BCUT2D eigenvalue weighted by atomic mass is 16.7. The quantitative estimate of drug-likeness (QED) is 0.396. The summed E-state index contributed by atoms with van der Waals surface area (Å²) in [6.45, 7) is 0. The van der Waals surface area contributed by atoms with Crippen LogP contribution in [0.1, 0.15) is 5.82 Å². The molecular formula is C6H6N4O3. The number of rotatable bonds is 1. The summed E-state index contributed by atoms with van der Waals surface area (Å²) in [5.41, 5.74) is 0.805. The van der Waals surface area contributed by atoms with Gasteiger partial charge in [0.05, 0.1) is 12.5 Å². The molecule has 0 aromatic carbocycles. The molecule has 2 aromatic rings. The molecule has 0 amide bonds. The first-order valence-corrected chi connectivity index (χ1v) is 3.41. The molecular weight excluding hydrogens is 176 g/mol. The van der Waals surface area contributed by atoms with Crippen LogP contribution in [0.5, 0.6) is 0 Å². The minimum Gasteiger partial charge on any atom is -0.342 e. The number of hydrogen-bond donors (Lipinski definition) is 4. The summed E-state index contributed by atoms with van der Waals surface area (Å²) in [5.74, 6) is -3.53. The molecule has 0 atom stereocenters. The summed E-state index contributed by atoms with van der Waals surface area (Å²) in [6, 6.07) is 0. The lowest BCUT2D eigenvalue weighted by Gasteiger charge is -2.10. The number of H-pyrrole nitrogens is 1. The van der Waals surface area contributed by atoms with E-state index in [-0.39, 0.29) is 5.65 Å². The van der Waals surface area contributed by atoms with Crippen LogP contribution in [0.3, 0.4) is 0 Å². The molecule has 2 heterocycles. The Morgan fingerprint density at radius 3 is 2.69 bits per heavy atom. The van der Waals surface area contributed by atoms with E-state index in [0.29, 0.717) is 5.52 Å². The molecule has 0 saturated heterocycles. The van der Waals surface area contributed by atoms with E-state index in [0.717, 1.165) is 0 Å². The third kappa shape index (κ3) is 1.35. The SMILES string of the molecule is OC(O)(O)c1ncc2[nH]cnc2n1. The van der Waals surface area contributed by atoms with E-state index in [4.69, 9.17) is 15.3 Å². The molecule has 0 saturated carbocycles. The second kappa shape index (κ2) is 2.46. The number of imidazole rings is 1. The summed E-state index contributed by atoms with van der Waals surface area (Å²) >= 11 is 0. The van der Waals surface area contributed by atoms with Gasteiger partial charge in [0.1, 0.15) is 5.52 Å². The molecule has 0 radical (unpaired) electrons. The molecule has 0 unspecified atom stereocenters. The van der Waals surface area contributed by atoms with Crippen LogP contribution in [0.4, 0.5) is 0 Å². The molecule has 0 aliphatic carbocycles. The van der Waals surface area contributed by atoms with Crippen LogP contribution in [0.2, 0.25) is 0 Å². The van der Waals surface area contributed by atoms with Gasteiger partial charge in [-0.2, -0.15) is 0 Å². The van der Waals surface area contributed by atoms with Gasteiger partial charge in [0.15, 0.2) is 5.65 Å². The molecule has 4 N–H and O–H groups in total. The largest absolute Gasteiger partial charge is 0.342 e. The summed E-state index contributed by atoms with van der Waals surface area (Å²) in [7, 11) is 0. The third-order valence-electron chi connectivity index (χ3n) is 1.48. The predicted octanol–water partition coefficient (Wildman–Crippen LogP) is -1.56. The van der Waals surface area contributed by atoms with Crippen molar-refractivity contribution < 1.29 is 15.3 Å². The molecule has 2 aromatic heterocycles.